The minimum absolute atomic E-state index is 0.200. The van der Waals surface area contributed by atoms with E-state index in [2.05, 4.69) is 19.2 Å². The van der Waals surface area contributed by atoms with Crippen LogP contribution in [0.4, 0.5) is 5.82 Å². The van der Waals surface area contributed by atoms with Gasteiger partial charge in [-0.25, -0.2) is 19.8 Å². The number of thioether (sulfide) groups is 1. The first-order valence-corrected chi connectivity index (χ1v) is 10.9. The van der Waals surface area contributed by atoms with Crippen LogP contribution in [0.2, 0.25) is 0 Å². The van der Waals surface area contributed by atoms with Crippen LogP contribution in [0.5, 0.6) is 0 Å². The van der Waals surface area contributed by atoms with Crippen molar-refractivity contribution in [1.29, 1.82) is 0 Å². The topological polar surface area (TPSA) is 168 Å². The Morgan fingerprint density at radius 2 is 2.19 bits per heavy atom. The lowest BCUT2D eigenvalue weighted by atomic mass is 10.2. The fourth-order valence-electron chi connectivity index (χ4n) is 2.92. The SMILES string of the molecule is Nc1ncnc2c1c(SCC1CC1)nn2[C@H]1C[C@H](O)[C@@H](COS(N)(=O)=O)O1. The number of nitrogens with two attached hydrogens (primary N) is 2. The molecule has 2 aromatic rings. The van der Waals surface area contributed by atoms with Gasteiger partial charge in [0.2, 0.25) is 0 Å². The molecular weight excluding hydrogens is 396 g/mol. The molecule has 13 heteroatoms. The minimum atomic E-state index is -4.12. The molecule has 0 unspecified atom stereocenters. The van der Waals surface area contributed by atoms with E-state index in [1.54, 1.807) is 16.4 Å². The van der Waals surface area contributed by atoms with Crippen molar-refractivity contribution in [3.63, 3.8) is 0 Å². The maximum absolute atomic E-state index is 11.0. The number of hydrogen-bond acceptors (Lipinski definition) is 10. The zero-order chi connectivity index (χ0) is 19.2. The summed E-state index contributed by atoms with van der Waals surface area (Å²) in [4.78, 5) is 8.32. The Morgan fingerprint density at radius 1 is 1.41 bits per heavy atom. The van der Waals surface area contributed by atoms with Gasteiger partial charge in [0.1, 0.15) is 23.3 Å². The molecule has 0 bridgehead atoms. The Labute approximate surface area is 159 Å². The van der Waals surface area contributed by atoms with E-state index in [4.69, 9.17) is 15.6 Å². The van der Waals surface area contributed by atoms with Gasteiger partial charge in [0, 0.05) is 12.2 Å². The minimum Gasteiger partial charge on any atom is -0.390 e. The Bertz CT molecular complexity index is 947. The zero-order valence-electron chi connectivity index (χ0n) is 14.3. The molecule has 11 nitrogen and oxygen atoms in total. The first-order valence-electron chi connectivity index (χ1n) is 8.44. The molecule has 148 valence electrons. The number of aliphatic hydroxyl groups excluding tert-OH is 1. The third kappa shape index (κ3) is 4.17. The standard InChI is InChI=1S/C14H20N6O5S2/c15-12-11-13(18-6-17-12)20(19-14(11)26-5-7-1-2-7)10-3-8(21)9(25-10)4-24-27(16,22)23/h6-10,21H,1-5H2,(H2,15,17,18)(H2,16,22,23)/t8-,9+,10+/m0/s1. The number of fused-ring (bicyclic) bond motifs is 1. The van der Waals surface area contributed by atoms with Crippen molar-refractivity contribution in [1.82, 2.24) is 19.7 Å². The Morgan fingerprint density at radius 3 is 2.89 bits per heavy atom. The summed E-state index contributed by atoms with van der Waals surface area (Å²) in [5.41, 5.74) is 6.54. The average Bonchev–Trinajstić information content (AvgIpc) is 3.24. The summed E-state index contributed by atoms with van der Waals surface area (Å²) in [6.07, 6.45) is 1.57. The van der Waals surface area contributed by atoms with Gasteiger partial charge in [-0.15, -0.1) is 11.8 Å². The van der Waals surface area contributed by atoms with E-state index in [1.165, 1.54) is 19.2 Å². The Kier molecular flexibility index (Phi) is 4.98. The second-order valence-corrected chi connectivity index (χ2v) is 8.90. The van der Waals surface area contributed by atoms with E-state index in [0.717, 1.165) is 10.8 Å². The second kappa shape index (κ2) is 7.14. The Balaban J connectivity index is 1.58. The molecule has 2 fully saturated rings. The second-order valence-electron chi connectivity index (χ2n) is 6.67. The first kappa shape index (κ1) is 18.8. The van der Waals surface area contributed by atoms with Crippen molar-refractivity contribution in [3.05, 3.63) is 6.33 Å². The quantitative estimate of drug-likeness (QED) is 0.513. The number of rotatable bonds is 7. The smallest absolute Gasteiger partial charge is 0.333 e. The van der Waals surface area contributed by atoms with Crippen LogP contribution in [-0.2, 0) is 19.2 Å². The van der Waals surface area contributed by atoms with Crippen LogP contribution >= 0.6 is 11.8 Å². The van der Waals surface area contributed by atoms with Gasteiger partial charge in [-0.05, 0) is 18.8 Å². The molecule has 0 radical (unpaired) electrons. The van der Waals surface area contributed by atoms with Gasteiger partial charge >= 0.3 is 10.3 Å². The summed E-state index contributed by atoms with van der Waals surface area (Å²) in [5, 5.41) is 21.0. The largest absolute Gasteiger partial charge is 0.390 e. The van der Waals surface area contributed by atoms with Crippen LogP contribution in [0.1, 0.15) is 25.5 Å². The fourth-order valence-corrected chi connectivity index (χ4v) is 4.46. The number of nitrogens with zero attached hydrogens (tertiary/aromatic N) is 4. The molecule has 1 aliphatic heterocycles. The normalized spacial score (nSPS) is 26.1. The molecule has 3 heterocycles. The number of hydrogen-bond donors (Lipinski definition) is 3. The highest BCUT2D eigenvalue weighted by Gasteiger charge is 2.38. The highest BCUT2D eigenvalue weighted by atomic mass is 32.2. The summed E-state index contributed by atoms with van der Waals surface area (Å²) in [7, 11) is -4.12. The third-order valence-corrected chi connectivity index (χ3v) is 6.17. The molecule has 1 aliphatic carbocycles. The number of aromatic nitrogens is 4. The molecule has 1 saturated heterocycles. The summed E-state index contributed by atoms with van der Waals surface area (Å²) in [5.74, 6) is 1.97. The first-order chi connectivity index (χ1) is 12.8. The number of aliphatic hydroxyl groups is 1. The average molecular weight is 416 g/mol. The molecule has 0 aromatic carbocycles. The molecule has 0 spiro atoms. The molecule has 3 atom stereocenters. The van der Waals surface area contributed by atoms with E-state index >= 15 is 0 Å². The molecule has 27 heavy (non-hydrogen) atoms. The van der Waals surface area contributed by atoms with Gasteiger partial charge in [-0.2, -0.15) is 13.5 Å². The molecule has 2 aromatic heterocycles. The lowest BCUT2D eigenvalue weighted by Gasteiger charge is -2.14. The van der Waals surface area contributed by atoms with E-state index < -0.39 is 28.7 Å². The van der Waals surface area contributed by atoms with Gasteiger partial charge in [0.25, 0.3) is 0 Å². The van der Waals surface area contributed by atoms with Gasteiger partial charge in [0.15, 0.2) is 11.9 Å². The van der Waals surface area contributed by atoms with Crippen molar-refractivity contribution in [2.24, 2.45) is 11.1 Å². The summed E-state index contributed by atoms with van der Waals surface area (Å²) >= 11 is 1.60. The van der Waals surface area contributed by atoms with Gasteiger partial charge in [0.05, 0.1) is 18.1 Å². The number of anilines is 1. The van der Waals surface area contributed by atoms with Gasteiger partial charge in [-0.3, -0.25) is 4.18 Å². The lowest BCUT2D eigenvalue weighted by molar-refractivity contribution is -0.0415. The van der Waals surface area contributed by atoms with Crippen molar-refractivity contribution >= 4 is 38.9 Å². The van der Waals surface area contributed by atoms with Crippen molar-refractivity contribution in [3.8, 4) is 0 Å². The van der Waals surface area contributed by atoms with E-state index in [0.29, 0.717) is 22.8 Å². The van der Waals surface area contributed by atoms with Crippen LogP contribution in [0.15, 0.2) is 11.4 Å². The molecule has 5 N–H and O–H groups in total. The molecule has 1 saturated carbocycles. The molecular formula is C14H20N6O5S2. The summed E-state index contributed by atoms with van der Waals surface area (Å²) in [6, 6.07) is 0. The van der Waals surface area contributed by atoms with E-state index in [9.17, 15) is 13.5 Å². The highest BCUT2D eigenvalue weighted by Crippen LogP contribution is 2.39. The fraction of sp³-hybridized carbons (Fsp3) is 0.643. The van der Waals surface area contributed by atoms with Gasteiger partial charge < -0.3 is 15.6 Å². The Hall–Kier alpha value is -1.51. The predicted molar refractivity (Wildman–Crippen MR) is 96.8 cm³/mol. The van der Waals surface area contributed by atoms with E-state index in [1.807, 2.05) is 0 Å². The number of nitrogen functional groups attached to an aromatic ring is 1. The third-order valence-electron chi connectivity index (χ3n) is 4.51. The van der Waals surface area contributed by atoms with Gasteiger partial charge in [-0.1, -0.05) is 0 Å². The summed E-state index contributed by atoms with van der Waals surface area (Å²) in [6.45, 7) is -0.379. The van der Waals surface area contributed by atoms with Crippen molar-refractivity contribution in [2.75, 3.05) is 18.1 Å². The highest BCUT2D eigenvalue weighted by molar-refractivity contribution is 7.99. The zero-order valence-corrected chi connectivity index (χ0v) is 15.9. The molecule has 0 amide bonds. The maximum atomic E-state index is 11.0. The van der Waals surface area contributed by atoms with Crippen molar-refractivity contribution < 1.29 is 22.4 Å². The number of ether oxygens (including phenoxy) is 1. The van der Waals surface area contributed by atoms with E-state index in [-0.39, 0.29) is 13.0 Å². The van der Waals surface area contributed by atoms with Crippen LogP contribution < -0.4 is 10.9 Å². The lowest BCUT2D eigenvalue weighted by Crippen LogP contribution is -2.30. The molecule has 4 rings (SSSR count). The van der Waals surface area contributed by atoms with Crippen LogP contribution in [0.25, 0.3) is 11.0 Å². The predicted octanol–water partition coefficient (Wildman–Crippen LogP) is -0.221. The van der Waals surface area contributed by atoms with Crippen molar-refractivity contribution in [2.45, 2.75) is 42.7 Å². The monoisotopic (exact) mass is 416 g/mol. The molecule has 2 aliphatic rings. The maximum Gasteiger partial charge on any atom is 0.333 e. The van der Waals surface area contributed by atoms with Crippen LogP contribution in [-0.4, -0.2) is 57.8 Å². The van der Waals surface area contributed by atoms with Crippen LogP contribution in [0, 0.1) is 5.92 Å². The van der Waals surface area contributed by atoms with Crippen LogP contribution in [0.3, 0.4) is 0 Å². The summed E-state index contributed by atoms with van der Waals surface area (Å²) < 4.78 is 33.8.